The number of benzene rings is 1. The summed E-state index contributed by atoms with van der Waals surface area (Å²) in [6, 6.07) is 5.86. The van der Waals surface area contributed by atoms with Gasteiger partial charge in [0.25, 0.3) is 0 Å². The number of rotatable bonds is 15. The average molecular weight is 363 g/mol. The Balaban J connectivity index is 2.53. The van der Waals surface area contributed by atoms with Crippen molar-refractivity contribution in [3.05, 3.63) is 29.3 Å². The standard InChI is InChI=1S/C23H38O3/c1-3-5-7-9-10-11-12-14-18-21-20(16-13-8-6-4-2)17-15-19-22(21)26-23(24)25/h15,17,19H,3-14,16,18H2,1-2H3,(H,24,25). The predicted octanol–water partition coefficient (Wildman–Crippen LogP) is 7.55. The molecule has 0 spiro atoms. The Morgan fingerprint density at radius 3 is 1.96 bits per heavy atom. The Kier molecular flexibility index (Phi) is 12.7. The van der Waals surface area contributed by atoms with Crippen molar-refractivity contribution in [3.8, 4) is 5.75 Å². The number of carboxylic acid groups (broad SMARTS) is 1. The summed E-state index contributed by atoms with van der Waals surface area (Å²) in [6.07, 6.45) is 15.9. The second-order valence-corrected chi connectivity index (χ2v) is 7.30. The molecule has 0 aliphatic carbocycles. The molecule has 26 heavy (non-hydrogen) atoms. The summed E-state index contributed by atoms with van der Waals surface area (Å²) in [5.74, 6) is 0.536. The molecular formula is C23H38O3. The highest BCUT2D eigenvalue weighted by Gasteiger charge is 2.12. The van der Waals surface area contributed by atoms with Crippen molar-refractivity contribution < 1.29 is 14.6 Å². The lowest BCUT2D eigenvalue weighted by molar-refractivity contribution is 0.144. The molecule has 0 aromatic heterocycles. The zero-order chi connectivity index (χ0) is 19.0. The van der Waals surface area contributed by atoms with Crippen LogP contribution in [0.25, 0.3) is 0 Å². The third-order valence-corrected chi connectivity index (χ3v) is 5.01. The van der Waals surface area contributed by atoms with Gasteiger partial charge in [0.1, 0.15) is 5.75 Å². The van der Waals surface area contributed by atoms with Crippen molar-refractivity contribution >= 4 is 6.16 Å². The van der Waals surface area contributed by atoms with Crippen molar-refractivity contribution in [1.82, 2.24) is 0 Å². The molecule has 0 aliphatic rings. The molecule has 0 heterocycles. The highest BCUT2D eigenvalue weighted by atomic mass is 16.7. The Morgan fingerprint density at radius 1 is 0.808 bits per heavy atom. The van der Waals surface area contributed by atoms with E-state index in [1.54, 1.807) is 6.07 Å². The quantitative estimate of drug-likeness (QED) is 0.199. The zero-order valence-electron chi connectivity index (χ0n) is 16.9. The number of hydrogen-bond donors (Lipinski definition) is 1. The van der Waals surface area contributed by atoms with Gasteiger partial charge in [0.15, 0.2) is 0 Å². The first-order chi connectivity index (χ1) is 12.7. The molecule has 0 fully saturated rings. The van der Waals surface area contributed by atoms with Crippen molar-refractivity contribution in [2.75, 3.05) is 0 Å². The van der Waals surface area contributed by atoms with E-state index < -0.39 is 6.16 Å². The summed E-state index contributed by atoms with van der Waals surface area (Å²) >= 11 is 0. The van der Waals surface area contributed by atoms with Gasteiger partial charge in [-0.1, -0.05) is 90.2 Å². The number of aryl methyl sites for hydroxylation is 1. The molecule has 148 valence electrons. The van der Waals surface area contributed by atoms with Gasteiger partial charge in [0.05, 0.1) is 0 Å². The van der Waals surface area contributed by atoms with Crippen molar-refractivity contribution in [3.63, 3.8) is 0 Å². The zero-order valence-corrected chi connectivity index (χ0v) is 16.9. The monoisotopic (exact) mass is 362 g/mol. The van der Waals surface area contributed by atoms with Gasteiger partial charge in [-0.05, 0) is 42.9 Å². The molecule has 0 unspecified atom stereocenters. The number of ether oxygens (including phenoxy) is 1. The summed E-state index contributed by atoms with van der Waals surface area (Å²) in [5, 5.41) is 9.02. The van der Waals surface area contributed by atoms with E-state index in [9.17, 15) is 4.79 Å². The topological polar surface area (TPSA) is 46.5 Å². The molecule has 1 aromatic rings. The van der Waals surface area contributed by atoms with Gasteiger partial charge < -0.3 is 9.84 Å². The van der Waals surface area contributed by atoms with E-state index in [0.717, 1.165) is 31.2 Å². The maximum absolute atomic E-state index is 11.0. The molecular weight excluding hydrogens is 324 g/mol. The average Bonchev–Trinajstić information content (AvgIpc) is 2.62. The SMILES string of the molecule is CCCCCCCCCCc1c(CCCCCC)cccc1OC(=O)O. The van der Waals surface area contributed by atoms with Gasteiger partial charge >= 0.3 is 6.16 Å². The van der Waals surface area contributed by atoms with Gasteiger partial charge in [0, 0.05) is 0 Å². The minimum absolute atomic E-state index is 0.536. The second kappa shape index (κ2) is 14.6. The van der Waals surface area contributed by atoms with E-state index in [1.807, 2.05) is 6.07 Å². The molecule has 3 nitrogen and oxygen atoms in total. The highest BCUT2D eigenvalue weighted by Crippen LogP contribution is 2.27. The molecule has 0 bridgehead atoms. The third kappa shape index (κ3) is 9.84. The predicted molar refractivity (Wildman–Crippen MR) is 109 cm³/mol. The van der Waals surface area contributed by atoms with Crippen LogP contribution >= 0.6 is 0 Å². The van der Waals surface area contributed by atoms with E-state index in [2.05, 4.69) is 19.9 Å². The fourth-order valence-electron chi connectivity index (χ4n) is 3.50. The fourth-order valence-corrected chi connectivity index (χ4v) is 3.50. The molecule has 1 rings (SSSR count). The van der Waals surface area contributed by atoms with Crippen LogP contribution < -0.4 is 4.74 Å². The van der Waals surface area contributed by atoms with Gasteiger partial charge in [-0.3, -0.25) is 0 Å². The van der Waals surface area contributed by atoms with Crippen LogP contribution in [0.1, 0.15) is 102 Å². The van der Waals surface area contributed by atoms with Crippen LogP contribution in [0.3, 0.4) is 0 Å². The number of carbonyl (C=O) groups is 1. The summed E-state index contributed by atoms with van der Waals surface area (Å²) in [5.41, 5.74) is 2.38. The first-order valence-corrected chi connectivity index (χ1v) is 10.7. The van der Waals surface area contributed by atoms with Crippen LogP contribution in [0.2, 0.25) is 0 Å². The van der Waals surface area contributed by atoms with E-state index >= 15 is 0 Å². The minimum Gasteiger partial charge on any atom is -0.449 e. The van der Waals surface area contributed by atoms with Gasteiger partial charge in [-0.2, -0.15) is 0 Å². The van der Waals surface area contributed by atoms with E-state index in [1.165, 1.54) is 69.8 Å². The van der Waals surface area contributed by atoms with Gasteiger partial charge in [-0.15, -0.1) is 0 Å². The molecule has 0 saturated carbocycles. The van der Waals surface area contributed by atoms with E-state index in [4.69, 9.17) is 9.84 Å². The highest BCUT2D eigenvalue weighted by molar-refractivity contribution is 5.62. The van der Waals surface area contributed by atoms with Gasteiger partial charge in [0.2, 0.25) is 0 Å². The molecule has 0 atom stereocenters. The van der Waals surface area contributed by atoms with Crippen LogP contribution in [0.15, 0.2) is 18.2 Å². The normalized spacial score (nSPS) is 10.8. The van der Waals surface area contributed by atoms with Crippen LogP contribution in [0.4, 0.5) is 4.79 Å². The van der Waals surface area contributed by atoms with E-state index in [-0.39, 0.29) is 0 Å². The van der Waals surface area contributed by atoms with Crippen LogP contribution in [0, 0.1) is 0 Å². The summed E-state index contributed by atoms with van der Waals surface area (Å²) < 4.78 is 5.05. The molecule has 0 aliphatic heterocycles. The Labute approximate surface area is 160 Å². The fraction of sp³-hybridized carbons (Fsp3) is 0.696. The Morgan fingerprint density at radius 2 is 1.35 bits per heavy atom. The maximum Gasteiger partial charge on any atom is 0.511 e. The molecule has 1 aromatic carbocycles. The summed E-state index contributed by atoms with van der Waals surface area (Å²) in [6.45, 7) is 4.46. The first-order valence-electron chi connectivity index (χ1n) is 10.7. The number of unbranched alkanes of at least 4 members (excludes halogenated alkanes) is 10. The summed E-state index contributed by atoms with van der Waals surface area (Å²) in [7, 11) is 0. The first kappa shape index (κ1) is 22.5. The van der Waals surface area contributed by atoms with Crippen molar-refractivity contribution in [2.45, 2.75) is 104 Å². The Bertz CT molecular complexity index is 496. The molecule has 0 radical (unpaired) electrons. The summed E-state index contributed by atoms with van der Waals surface area (Å²) in [4.78, 5) is 11.0. The van der Waals surface area contributed by atoms with Crippen molar-refractivity contribution in [1.29, 1.82) is 0 Å². The lowest BCUT2D eigenvalue weighted by Gasteiger charge is -2.14. The maximum atomic E-state index is 11.0. The third-order valence-electron chi connectivity index (χ3n) is 5.01. The lowest BCUT2D eigenvalue weighted by Crippen LogP contribution is -2.07. The van der Waals surface area contributed by atoms with Crippen molar-refractivity contribution in [2.24, 2.45) is 0 Å². The smallest absolute Gasteiger partial charge is 0.449 e. The Hall–Kier alpha value is -1.51. The molecule has 3 heteroatoms. The lowest BCUT2D eigenvalue weighted by atomic mass is 9.95. The molecule has 0 saturated heterocycles. The van der Waals surface area contributed by atoms with Gasteiger partial charge in [-0.25, -0.2) is 4.79 Å². The van der Waals surface area contributed by atoms with Crippen LogP contribution in [0.5, 0.6) is 5.75 Å². The second-order valence-electron chi connectivity index (χ2n) is 7.30. The molecule has 1 N–H and O–H groups in total. The number of hydrogen-bond acceptors (Lipinski definition) is 2. The van der Waals surface area contributed by atoms with Crippen LogP contribution in [-0.4, -0.2) is 11.3 Å². The molecule has 0 amide bonds. The minimum atomic E-state index is -1.22. The van der Waals surface area contributed by atoms with E-state index in [0.29, 0.717) is 5.75 Å². The van der Waals surface area contributed by atoms with Crippen LogP contribution in [-0.2, 0) is 12.8 Å². The largest absolute Gasteiger partial charge is 0.511 e.